The molecule has 5 aliphatic rings. The fourth-order valence-corrected chi connectivity index (χ4v) is 9.19. The molecule has 1 unspecified atom stereocenters. The first-order chi connectivity index (χ1) is 22.0. The third-order valence-corrected chi connectivity index (χ3v) is 10.8. The topological polar surface area (TPSA) is 3.24 Å². The summed E-state index contributed by atoms with van der Waals surface area (Å²) in [7, 11) is 0. The molecule has 0 saturated heterocycles. The van der Waals surface area contributed by atoms with Gasteiger partial charge in [-0.25, -0.2) is 0 Å². The first kappa shape index (κ1) is 25.3. The van der Waals surface area contributed by atoms with Crippen LogP contribution in [0.25, 0.3) is 28.3 Å². The first-order valence-electron chi connectivity index (χ1n) is 16.2. The lowest BCUT2D eigenvalue weighted by Gasteiger charge is -2.38. The van der Waals surface area contributed by atoms with Gasteiger partial charge in [-0.2, -0.15) is 0 Å². The largest absolute Gasteiger partial charge is 0.311 e. The second-order valence-corrected chi connectivity index (χ2v) is 13.5. The second kappa shape index (κ2) is 8.99. The van der Waals surface area contributed by atoms with E-state index in [-0.39, 0.29) is 6.71 Å². The molecule has 212 valence electrons. The second-order valence-electron chi connectivity index (χ2n) is 13.5. The van der Waals surface area contributed by atoms with Crippen LogP contribution in [0, 0.1) is 20.8 Å². The van der Waals surface area contributed by atoms with Crippen molar-refractivity contribution in [3.05, 3.63) is 160 Å². The summed E-state index contributed by atoms with van der Waals surface area (Å²) in [4.78, 5) is 2.58. The molecule has 45 heavy (non-hydrogen) atoms. The van der Waals surface area contributed by atoms with E-state index in [1.54, 1.807) is 0 Å². The van der Waals surface area contributed by atoms with E-state index in [4.69, 9.17) is 0 Å². The summed E-state index contributed by atoms with van der Waals surface area (Å²) >= 11 is 0. The van der Waals surface area contributed by atoms with Crippen molar-refractivity contribution < 1.29 is 0 Å². The SMILES string of the molecule is Cc1cc(C)c(-c2cc3c4c(c2)N(c2cc5c6c(c2)CC=C2C=CC=C(C=C5)C26)c2ccccc2B4c2ccccc2-3)c(C)c1. The Morgan fingerprint density at radius 2 is 1.51 bits per heavy atom. The van der Waals surface area contributed by atoms with E-state index in [0.717, 1.165) is 6.42 Å². The maximum Gasteiger partial charge on any atom is 0.248 e. The highest BCUT2D eigenvalue weighted by atomic mass is 15.2. The molecular weight excluding hydrogens is 541 g/mol. The summed E-state index contributed by atoms with van der Waals surface area (Å²) in [5.41, 5.74) is 24.6. The smallest absolute Gasteiger partial charge is 0.248 e. The predicted molar refractivity (Wildman–Crippen MR) is 192 cm³/mol. The maximum atomic E-state index is 2.58. The van der Waals surface area contributed by atoms with E-state index in [1.165, 1.54) is 100 Å². The van der Waals surface area contributed by atoms with Gasteiger partial charge in [-0.3, -0.25) is 0 Å². The minimum absolute atomic E-state index is 0.232. The number of benzene rings is 5. The summed E-state index contributed by atoms with van der Waals surface area (Å²) < 4.78 is 0. The van der Waals surface area contributed by atoms with Crippen molar-refractivity contribution in [2.24, 2.45) is 0 Å². The van der Waals surface area contributed by atoms with Crippen molar-refractivity contribution in [2.45, 2.75) is 33.1 Å². The van der Waals surface area contributed by atoms with Crippen LogP contribution in [-0.2, 0) is 6.42 Å². The van der Waals surface area contributed by atoms with Crippen molar-refractivity contribution in [1.82, 2.24) is 0 Å². The lowest BCUT2D eigenvalue weighted by atomic mass is 9.37. The zero-order valence-corrected chi connectivity index (χ0v) is 25.9. The summed E-state index contributed by atoms with van der Waals surface area (Å²) in [6, 6.07) is 32.8. The average molecular weight is 574 g/mol. The van der Waals surface area contributed by atoms with Crippen LogP contribution < -0.4 is 21.3 Å². The number of hydrogen-bond acceptors (Lipinski definition) is 1. The van der Waals surface area contributed by atoms with Crippen LogP contribution in [0.3, 0.4) is 0 Å². The van der Waals surface area contributed by atoms with Crippen molar-refractivity contribution in [1.29, 1.82) is 0 Å². The van der Waals surface area contributed by atoms with Gasteiger partial charge in [-0.05, 0) is 130 Å². The van der Waals surface area contributed by atoms with Crippen LogP contribution in [0.1, 0.15) is 39.3 Å². The molecule has 0 radical (unpaired) electrons. The molecule has 0 amide bonds. The molecular formula is C43H32BN. The number of hydrogen-bond donors (Lipinski definition) is 0. The molecule has 1 atom stereocenters. The van der Waals surface area contributed by atoms with Crippen molar-refractivity contribution in [2.75, 3.05) is 4.90 Å². The molecule has 3 aliphatic carbocycles. The highest BCUT2D eigenvalue weighted by Crippen LogP contribution is 2.49. The van der Waals surface area contributed by atoms with Gasteiger partial charge >= 0.3 is 0 Å². The van der Waals surface area contributed by atoms with Gasteiger partial charge in [0.2, 0.25) is 6.71 Å². The normalized spacial score (nSPS) is 17.4. The Balaban J connectivity index is 1.27. The molecule has 1 nitrogen and oxygen atoms in total. The molecule has 0 spiro atoms. The van der Waals surface area contributed by atoms with E-state index in [2.05, 4.69) is 147 Å². The zero-order chi connectivity index (χ0) is 30.0. The molecule has 5 aromatic rings. The van der Waals surface area contributed by atoms with Crippen LogP contribution in [-0.4, -0.2) is 6.71 Å². The molecule has 2 aliphatic heterocycles. The van der Waals surface area contributed by atoms with Crippen molar-refractivity contribution in [3.63, 3.8) is 0 Å². The number of nitrogens with zero attached hydrogens (tertiary/aromatic N) is 1. The molecule has 0 saturated carbocycles. The highest BCUT2D eigenvalue weighted by Gasteiger charge is 2.43. The number of para-hydroxylation sites is 1. The van der Waals surface area contributed by atoms with Gasteiger partial charge in [0.25, 0.3) is 0 Å². The standard InChI is InChI=1S/C43H32BN/c1-25-19-26(2)40(27(3)20-25)32-23-35-34-11-4-5-12-36(34)44-37-13-6-7-14-38(37)45(39(24-32)43(35)44)33-21-30-17-15-28-9-8-10-29-16-18-31(22-33)42(30)41(28)29/h4-17,19-24,41H,18H2,1-3H3. The molecule has 0 aromatic heterocycles. The van der Waals surface area contributed by atoms with Crippen LogP contribution in [0.4, 0.5) is 17.1 Å². The van der Waals surface area contributed by atoms with Gasteiger partial charge in [0, 0.05) is 23.0 Å². The first-order valence-corrected chi connectivity index (χ1v) is 16.2. The van der Waals surface area contributed by atoms with E-state index in [0.29, 0.717) is 5.92 Å². The molecule has 5 aromatic carbocycles. The minimum Gasteiger partial charge on any atom is -0.311 e. The molecule has 0 bridgehead atoms. The Morgan fingerprint density at radius 1 is 0.711 bits per heavy atom. The summed E-state index contributed by atoms with van der Waals surface area (Å²) in [6.07, 6.45) is 14.9. The maximum absolute atomic E-state index is 2.58. The van der Waals surface area contributed by atoms with Gasteiger partial charge in [0.1, 0.15) is 0 Å². The molecule has 10 rings (SSSR count). The monoisotopic (exact) mass is 573 g/mol. The third kappa shape index (κ3) is 3.40. The summed E-state index contributed by atoms with van der Waals surface area (Å²) in [5, 5.41) is 0. The Bertz CT molecular complexity index is 2270. The summed E-state index contributed by atoms with van der Waals surface area (Å²) in [6.45, 7) is 6.97. The van der Waals surface area contributed by atoms with E-state index < -0.39 is 0 Å². The van der Waals surface area contributed by atoms with Gasteiger partial charge in [-0.1, -0.05) is 102 Å². The third-order valence-electron chi connectivity index (χ3n) is 10.8. The van der Waals surface area contributed by atoms with Gasteiger partial charge in [-0.15, -0.1) is 0 Å². The van der Waals surface area contributed by atoms with Crippen molar-refractivity contribution >= 4 is 46.2 Å². The lowest BCUT2D eigenvalue weighted by molar-refractivity contribution is 0.892. The van der Waals surface area contributed by atoms with E-state index >= 15 is 0 Å². The number of aryl methyl sites for hydroxylation is 3. The fraction of sp³-hybridized carbons (Fsp3) is 0.116. The predicted octanol–water partition coefficient (Wildman–Crippen LogP) is 8.65. The van der Waals surface area contributed by atoms with Gasteiger partial charge in [0.15, 0.2) is 0 Å². The Morgan fingerprint density at radius 3 is 2.38 bits per heavy atom. The van der Waals surface area contributed by atoms with Gasteiger partial charge in [0.05, 0.1) is 0 Å². The molecule has 0 N–H and O–H groups in total. The van der Waals surface area contributed by atoms with Crippen molar-refractivity contribution in [3.8, 4) is 22.3 Å². The fourth-order valence-electron chi connectivity index (χ4n) is 9.19. The molecule has 2 heterocycles. The Kier molecular flexibility index (Phi) is 5.05. The molecule has 2 heteroatoms. The number of anilines is 3. The number of allylic oxidation sites excluding steroid dienone is 7. The minimum atomic E-state index is 0.232. The van der Waals surface area contributed by atoms with Crippen LogP contribution in [0.5, 0.6) is 0 Å². The average Bonchev–Trinajstić information content (AvgIpc) is 3.38. The quantitative estimate of drug-likeness (QED) is 0.187. The lowest BCUT2D eigenvalue weighted by Crippen LogP contribution is -2.54. The van der Waals surface area contributed by atoms with Gasteiger partial charge < -0.3 is 4.90 Å². The zero-order valence-electron chi connectivity index (χ0n) is 25.9. The molecule has 0 fully saturated rings. The van der Waals surface area contributed by atoms with Crippen LogP contribution in [0.2, 0.25) is 0 Å². The van der Waals surface area contributed by atoms with Crippen LogP contribution in [0.15, 0.2) is 126 Å². The van der Waals surface area contributed by atoms with E-state index in [1.807, 2.05) is 0 Å². The number of fused-ring (bicyclic) bond motifs is 5. The highest BCUT2D eigenvalue weighted by molar-refractivity contribution is 7.01. The number of rotatable bonds is 2. The van der Waals surface area contributed by atoms with Crippen LogP contribution >= 0.6 is 0 Å². The van der Waals surface area contributed by atoms with E-state index in [9.17, 15) is 0 Å². The summed E-state index contributed by atoms with van der Waals surface area (Å²) in [5.74, 6) is 0.361. The Labute approximate surface area is 265 Å². The Hall–Kier alpha value is -5.08.